The lowest BCUT2D eigenvalue weighted by molar-refractivity contribution is -0.106. The van der Waals surface area contributed by atoms with Crippen molar-refractivity contribution in [1.82, 2.24) is 9.29 Å². The molecule has 1 saturated carbocycles. The van der Waals surface area contributed by atoms with Crippen LogP contribution < -0.4 is 10.1 Å². The lowest BCUT2D eigenvalue weighted by Crippen LogP contribution is -2.51. The van der Waals surface area contributed by atoms with E-state index < -0.39 is 34.8 Å². The summed E-state index contributed by atoms with van der Waals surface area (Å²) in [6.45, 7) is 4.23. The summed E-state index contributed by atoms with van der Waals surface area (Å²) in [6.07, 6.45) is 3.42. The molecule has 10 heteroatoms. The molecule has 0 bridgehead atoms. The second-order valence-corrected chi connectivity index (χ2v) is 11.0. The maximum atomic E-state index is 13.4. The molecule has 1 saturated heterocycles. The van der Waals surface area contributed by atoms with Gasteiger partial charge in [-0.05, 0) is 43.5 Å². The van der Waals surface area contributed by atoms with Crippen molar-refractivity contribution < 1.29 is 26.7 Å². The molecular formula is C24H31F2N3O4S. The van der Waals surface area contributed by atoms with Crippen LogP contribution in [0.5, 0.6) is 5.75 Å². The highest BCUT2D eigenvalue weighted by Gasteiger charge is 2.50. The highest BCUT2D eigenvalue weighted by Crippen LogP contribution is 2.42. The third-order valence-electron chi connectivity index (χ3n) is 6.87. The molecule has 0 amide bonds. The summed E-state index contributed by atoms with van der Waals surface area (Å²) in [6, 6.07) is 8.88. The summed E-state index contributed by atoms with van der Waals surface area (Å²) < 4.78 is 65.5. The molecule has 2 aliphatic rings. The average Bonchev–Trinajstić information content (AvgIpc) is 2.82. The first-order valence-corrected chi connectivity index (χ1v) is 13.0. The zero-order chi connectivity index (χ0) is 24.4. The number of nitrogens with one attached hydrogen (secondary N) is 1. The molecule has 186 valence electrons. The van der Waals surface area contributed by atoms with Gasteiger partial charge in [-0.1, -0.05) is 12.1 Å². The molecule has 1 N–H and O–H groups in total. The van der Waals surface area contributed by atoms with Gasteiger partial charge < -0.3 is 14.8 Å². The number of sulfonamides is 1. The summed E-state index contributed by atoms with van der Waals surface area (Å²) >= 11 is 0. The van der Waals surface area contributed by atoms with Crippen molar-refractivity contribution >= 4 is 15.7 Å². The van der Waals surface area contributed by atoms with Crippen LogP contribution in [0.2, 0.25) is 0 Å². The zero-order valence-electron chi connectivity index (χ0n) is 19.5. The number of aromatic nitrogens is 1. The van der Waals surface area contributed by atoms with Crippen LogP contribution in [0.25, 0.3) is 0 Å². The van der Waals surface area contributed by atoms with Crippen molar-refractivity contribution in [3.05, 3.63) is 48.3 Å². The van der Waals surface area contributed by atoms with Crippen LogP contribution in [0, 0.1) is 0 Å². The predicted octanol–water partition coefficient (Wildman–Crippen LogP) is 4.06. The molecular weight excluding hydrogens is 464 g/mol. The number of alkyl halides is 2. The Morgan fingerprint density at radius 2 is 1.85 bits per heavy atom. The van der Waals surface area contributed by atoms with Gasteiger partial charge in [0.1, 0.15) is 10.6 Å². The molecule has 7 nitrogen and oxygen atoms in total. The minimum Gasteiger partial charge on any atom is -0.494 e. The van der Waals surface area contributed by atoms with Gasteiger partial charge in [0, 0.05) is 63.5 Å². The first kappa shape index (κ1) is 24.8. The third kappa shape index (κ3) is 5.04. The minimum absolute atomic E-state index is 0.0124. The summed E-state index contributed by atoms with van der Waals surface area (Å²) in [5.41, 5.74) is 1.28. The summed E-state index contributed by atoms with van der Waals surface area (Å²) in [4.78, 5) is 3.98. The fourth-order valence-electron chi connectivity index (χ4n) is 4.64. The first-order valence-electron chi connectivity index (χ1n) is 11.5. The Kier molecular flexibility index (Phi) is 7.12. The van der Waals surface area contributed by atoms with E-state index in [1.165, 1.54) is 19.4 Å². The molecule has 0 atom stereocenters. The number of hydrogen-bond acceptors (Lipinski definition) is 6. The van der Waals surface area contributed by atoms with Crippen LogP contribution in [-0.2, 0) is 20.2 Å². The number of nitrogens with zero attached hydrogens (tertiary/aromatic N) is 2. The number of hydrogen-bond donors (Lipinski definition) is 1. The molecule has 4 rings (SSSR count). The molecule has 1 aromatic carbocycles. The van der Waals surface area contributed by atoms with Crippen LogP contribution in [0.4, 0.5) is 14.5 Å². The Labute approximate surface area is 199 Å². The molecule has 0 spiro atoms. The van der Waals surface area contributed by atoms with Crippen LogP contribution >= 0.6 is 0 Å². The Hall–Kier alpha value is -2.30. The van der Waals surface area contributed by atoms with E-state index in [1.807, 2.05) is 31.2 Å². The molecule has 0 unspecified atom stereocenters. The molecule has 2 aromatic rings. The second-order valence-electron chi connectivity index (χ2n) is 9.01. The summed E-state index contributed by atoms with van der Waals surface area (Å²) in [7, 11) is -2.64. The molecule has 2 heterocycles. The fraction of sp³-hybridized carbons (Fsp3) is 0.542. The standard InChI is InChI=1S/C24H31F2N3O4S/c1-3-33-20-6-4-18(5-7-20)23(9-12-32-13-10-23)17-28-21-8-11-27-16-22(21)34(30,31)29(2)19-14-24(25,26)15-19/h4-8,11,16,19H,3,9-10,12-15,17H2,1-2H3,(H,27,28). The van der Waals surface area contributed by atoms with Gasteiger partial charge >= 0.3 is 0 Å². The van der Waals surface area contributed by atoms with E-state index in [1.54, 1.807) is 6.07 Å². The summed E-state index contributed by atoms with van der Waals surface area (Å²) in [5.74, 6) is -2.01. The monoisotopic (exact) mass is 495 g/mol. The quantitative estimate of drug-likeness (QED) is 0.565. The van der Waals surface area contributed by atoms with Crippen molar-refractivity contribution in [2.75, 3.05) is 38.7 Å². The van der Waals surface area contributed by atoms with Gasteiger partial charge in [0.2, 0.25) is 10.0 Å². The molecule has 2 fully saturated rings. The van der Waals surface area contributed by atoms with E-state index >= 15 is 0 Å². The predicted molar refractivity (Wildman–Crippen MR) is 125 cm³/mol. The number of halogens is 2. The van der Waals surface area contributed by atoms with Crippen molar-refractivity contribution in [3.63, 3.8) is 0 Å². The number of ether oxygens (including phenoxy) is 2. The topological polar surface area (TPSA) is 80.8 Å². The number of pyridine rings is 1. The van der Waals surface area contributed by atoms with Crippen LogP contribution in [0.1, 0.15) is 38.2 Å². The van der Waals surface area contributed by atoms with Crippen molar-refractivity contribution in [1.29, 1.82) is 0 Å². The molecule has 1 aromatic heterocycles. The Balaban J connectivity index is 1.56. The van der Waals surface area contributed by atoms with Gasteiger partial charge in [-0.15, -0.1) is 0 Å². The smallest absolute Gasteiger partial charge is 0.251 e. The van der Waals surface area contributed by atoms with E-state index in [9.17, 15) is 17.2 Å². The lowest BCUT2D eigenvalue weighted by Gasteiger charge is -2.40. The lowest BCUT2D eigenvalue weighted by atomic mass is 9.74. The number of anilines is 1. The van der Waals surface area contributed by atoms with E-state index in [4.69, 9.17) is 9.47 Å². The SMILES string of the molecule is CCOc1ccc(C2(CNc3ccncc3S(=O)(=O)N(C)C3CC(F)(F)C3)CCOCC2)cc1. The van der Waals surface area contributed by atoms with Gasteiger partial charge in [0.05, 0.1) is 12.3 Å². The van der Waals surface area contributed by atoms with E-state index in [2.05, 4.69) is 10.3 Å². The Morgan fingerprint density at radius 3 is 2.47 bits per heavy atom. The Bertz CT molecular complexity index is 1080. The van der Waals surface area contributed by atoms with Crippen LogP contribution in [-0.4, -0.2) is 63.1 Å². The Morgan fingerprint density at radius 1 is 1.18 bits per heavy atom. The minimum atomic E-state index is -4.00. The molecule has 34 heavy (non-hydrogen) atoms. The van der Waals surface area contributed by atoms with E-state index in [0.29, 0.717) is 32.1 Å². The average molecular weight is 496 g/mol. The normalized spacial score (nSPS) is 20.0. The fourth-order valence-corrected chi connectivity index (χ4v) is 6.10. The number of benzene rings is 1. The molecule has 1 aliphatic heterocycles. The third-order valence-corrected chi connectivity index (χ3v) is 8.81. The van der Waals surface area contributed by atoms with Gasteiger partial charge in [-0.3, -0.25) is 4.98 Å². The van der Waals surface area contributed by atoms with Crippen molar-refractivity contribution in [3.8, 4) is 5.75 Å². The second kappa shape index (κ2) is 9.75. The number of rotatable bonds is 9. The van der Waals surface area contributed by atoms with E-state index in [-0.39, 0.29) is 10.3 Å². The molecule has 0 radical (unpaired) electrons. The molecule has 1 aliphatic carbocycles. The maximum Gasteiger partial charge on any atom is 0.251 e. The maximum absolute atomic E-state index is 13.4. The van der Waals surface area contributed by atoms with E-state index in [0.717, 1.165) is 28.5 Å². The first-order chi connectivity index (χ1) is 16.2. The van der Waals surface area contributed by atoms with Gasteiger partial charge in [-0.25, -0.2) is 17.2 Å². The largest absolute Gasteiger partial charge is 0.494 e. The van der Waals surface area contributed by atoms with Crippen LogP contribution in [0.3, 0.4) is 0 Å². The highest BCUT2D eigenvalue weighted by atomic mass is 32.2. The van der Waals surface area contributed by atoms with Crippen molar-refractivity contribution in [2.24, 2.45) is 0 Å². The zero-order valence-corrected chi connectivity index (χ0v) is 20.3. The van der Waals surface area contributed by atoms with Gasteiger partial charge in [0.15, 0.2) is 0 Å². The summed E-state index contributed by atoms with van der Waals surface area (Å²) in [5, 5.41) is 3.33. The van der Waals surface area contributed by atoms with Gasteiger partial charge in [0.25, 0.3) is 5.92 Å². The van der Waals surface area contributed by atoms with Crippen LogP contribution in [0.15, 0.2) is 47.6 Å². The van der Waals surface area contributed by atoms with Crippen molar-refractivity contribution in [2.45, 2.75) is 54.9 Å². The highest BCUT2D eigenvalue weighted by molar-refractivity contribution is 7.89. The van der Waals surface area contributed by atoms with Gasteiger partial charge in [-0.2, -0.15) is 4.31 Å².